The van der Waals surface area contributed by atoms with Gasteiger partial charge in [0.25, 0.3) is 0 Å². The molecule has 0 fully saturated rings. The van der Waals surface area contributed by atoms with Crippen LogP contribution in [0.1, 0.15) is 5.56 Å². The zero-order valence-electron chi connectivity index (χ0n) is 14.0. The van der Waals surface area contributed by atoms with E-state index in [1.165, 1.54) is 18.4 Å². The molecule has 0 saturated heterocycles. The molecular formula is C21H14ClFO3S. The van der Waals surface area contributed by atoms with Crippen molar-refractivity contribution in [2.75, 3.05) is 0 Å². The van der Waals surface area contributed by atoms with E-state index in [0.717, 1.165) is 11.1 Å². The molecule has 1 aromatic heterocycles. The zero-order chi connectivity index (χ0) is 19.0. The highest BCUT2D eigenvalue weighted by atomic mass is 35.5. The van der Waals surface area contributed by atoms with Gasteiger partial charge in [-0.15, -0.1) is 0 Å². The fourth-order valence-electron chi connectivity index (χ4n) is 3.02. The molecule has 6 heteroatoms. The summed E-state index contributed by atoms with van der Waals surface area (Å²) in [6.07, 6.45) is 1.40. The molecule has 0 spiro atoms. The Bertz CT molecular complexity index is 1230. The Morgan fingerprint density at radius 1 is 0.926 bits per heavy atom. The molecule has 0 aliphatic heterocycles. The summed E-state index contributed by atoms with van der Waals surface area (Å²) in [5.41, 5.74) is 1.94. The van der Waals surface area contributed by atoms with Crippen LogP contribution < -0.4 is 0 Å². The van der Waals surface area contributed by atoms with Crippen molar-refractivity contribution in [2.45, 2.75) is 10.6 Å². The SMILES string of the molecule is O=S(=O)(Cc1cc(-c2ccccc2)ccc1F)c1cc(Cl)cc2ccoc12. The first kappa shape index (κ1) is 17.8. The number of fused-ring (bicyclic) bond motifs is 1. The van der Waals surface area contributed by atoms with E-state index in [4.69, 9.17) is 16.0 Å². The van der Waals surface area contributed by atoms with Crippen LogP contribution in [0.15, 0.2) is 82.3 Å². The average Bonchev–Trinajstić information content (AvgIpc) is 3.11. The summed E-state index contributed by atoms with van der Waals surface area (Å²) in [6, 6.07) is 18.5. The van der Waals surface area contributed by atoms with Crippen LogP contribution in [0.25, 0.3) is 22.1 Å². The molecule has 0 amide bonds. The van der Waals surface area contributed by atoms with E-state index in [-0.39, 0.29) is 21.1 Å². The summed E-state index contributed by atoms with van der Waals surface area (Å²) in [5, 5.41) is 0.862. The lowest BCUT2D eigenvalue weighted by atomic mass is 10.0. The van der Waals surface area contributed by atoms with Crippen LogP contribution in [0.2, 0.25) is 5.02 Å². The molecule has 0 aliphatic carbocycles. The normalized spacial score (nSPS) is 11.8. The van der Waals surface area contributed by atoms with E-state index >= 15 is 0 Å². The second-order valence-electron chi connectivity index (χ2n) is 6.17. The molecule has 3 aromatic carbocycles. The monoisotopic (exact) mass is 400 g/mol. The number of furan rings is 1. The summed E-state index contributed by atoms with van der Waals surface area (Å²) in [7, 11) is -3.87. The maximum Gasteiger partial charge on any atom is 0.186 e. The van der Waals surface area contributed by atoms with Crippen molar-refractivity contribution >= 4 is 32.4 Å². The van der Waals surface area contributed by atoms with Gasteiger partial charge in [-0.1, -0.05) is 48.0 Å². The number of benzene rings is 3. The quantitative estimate of drug-likeness (QED) is 0.430. The lowest BCUT2D eigenvalue weighted by molar-refractivity contribution is 0.579. The van der Waals surface area contributed by atoms with E-state index < -0.39 is 21.4 Å². The molecule has 1 heterocycles. The highest BCUT2D eigenvalue weighted by molar-refractivity contribution is 7.90. The summed E-state index contributed by atoms with van der Waals surface area (Å²) >= 11 is 6.05. The van der Waals surface area contributed by atoms with Gasteiger partial charge in [-0.2, -0.15) is 0 Å². The Labute approximate surface area is 160 Å². The van der Waals surface area contributed by atoms with Gasteiger partial charge in [-0.3, -0.25) is 0 Å². The third kappa shape index (κ3) is 3.48. The average molecular weight is 401 g/mol. The van der Waals surface area contributed by atoms with Gasteiger partial charge in [0.15, 0.2) is 15.4 Å². The fourth-order valence-corrected chi connectivity index (χ4v) is 4.86. The van der Waals surface area contributed by atoms with Crippen molar-refractivity contribution in [1.82, 2.24) is 0 Å². The Morgan fingerprint density at radius 2 is 1.70 bits per heavy atom. The lowest BCUT2D eigenvalue weighted by Gasteiger charge is -2.09. The number of sulfone groups is 1. The van der Waals surface area contributed by atoms with E-state index in [2.05, 4.69) is 0 Å². The van der Waals surface area contributed by atoms with Gasteiger partial charge in [-0.05, 0) is 41.5 Å². The molecule has 4 rings (SSSR count). The molecular weight excluding hydrogens is 387 g/mol. The van der Waals surface area contributed by atoms with Crippen molar-refractivity contribution in [3.63, 3.8) is 0 Å². The minimum atomic E-state index is -3.87. The molecule has 0 saturated carbocycles. The lowest BCUT2D eigenvalue weighted by Crippen LogP contribution is -2.07. The van der Waals surface area contributed by atoms with Gasteiger partial charge in [0.1, 0.15) is 10.7 Å². The highest BCUT2D eigenvalue weighted by Crippen LogP contribution is 2.31. The second-order valence-corrected chi connectivity index (χ2v) is 8.57. The molecule has 0 atom stereocenters. The van der Waals surface area contributed by atoms with Crippen LogP contribution in [0.5, 0.6) is 0 Å². The summed E-state index contributed by atoms with van der Waals surface area (Å²) in [5.74, 6) is -1.06. The smallest absolute Gasteiger partial charge is 0.186 e. The van der Waals surface area contributed by atoms with E-state index in [0.29, 0.717) is 5.39 Å². The predicted octanol–water partition coefficient (Wildman–Crippen LogP) is 5.87. The van der Waals surface area contributed by atoms with Gasteiger partial charge < -0.3 is 4.42 Å². The van der Waals surface area contributed by atoms with Crippen molar-refractivity contribution in [2.24, 2.45) is 0 Å². The van der Waals surface area contributed by atoms with Crippen LogP contribution in [-0.2, 0) is 15.6 Å². The first-order valence-electron chi connectivity index (χ1n) is 8.17. The maximum atomic E-state index is 14.4. The first-order chi connectivity index (χ1) is 12.9. The Balaban J connectivity index is 1.78. The third-order valence-electron chi connectivity index (χ3n) is 4.32. The Kier molecular flexibility index (Phi) is 4.50. The highest BCUT2D eigenvalue weighted by Gasteiger charge is 2.23. The van der Waals surface area contributed by atoms with E-state index in [1.54, 1.807) is 24.3 Å². The van der Waals surface area contributed by atoms with Crippen molar-refractivity contribution in [1.29, 1.82) is 0 Å². The summed E-state index contributed by atoms with van der Waals surface area (Å²) in [4.78, 5) is -0.0421. The fraction of sp³-hybridized carbons (Fsp3) is 0.0476. The van der Waals surface area contributed by atoms with Gasteiger partial charge in [-0.25, -0.2) is 12.8 Å². The summed E-state index contributed by atoms with van der Waals surface area (Å²) in [6.45, 7) is 0. The number of hydrogen-bond acceptors (Lipinski definition) is 3. The van der Waals surface area contributed by atoms with Crippen molar-refractivity contribution < 1.29 is 17.2 Å². The van der Waals surface area contributed by atoms with Crippen LogP contribution in [-0.4, -0.2) is 8.42 Å². The number of rotatable bonds is 4. The van der Waals surface area contributed by atoms with Gasteiger partial charge in [0.2, 0.25) is 0 Å². The molecule has 0 N–H and O–H groups in total. The van der Waals surface area contributed by atoms with Crippen molar-refractivity contribution in [3.05, 3.63) is 89.4 Å². The minimum Gasteiger partial charge on any atom is -0.463 e. The molecule has 3 nitrogen and oxygen atoms in total. The molecule has 136 valence electrons. The molecule has 0 unspecified atom stereocenters. The van der Waals surface area contributed by atoms with Gasteiger partial charge in [0.05, 0.1) is 12.0 Å². The molecule has 27 heavy (non-hydrogen) atoms. The van der Waals surface area contributed by atoms with Gasteiger partial charge in [0, 0.05) is 16.0 Å². The van der Waals surface area contributed by atoms with E-state index in [9.17, 15) is 12.8 Å². The first-order valence-corrected chi connectivity index (χ1v) is 10.2. The third-order valence-corrected chi connectivity index (χ3v) is 6.20. The van der Waals surface area contributed by atoms with Crippen LogP contribution in [0.4, 0.5) is 4.39 Å². The van der Waals surface area contributed by atoms with Crippen LogP contribution >= 0.6 is 11.6 Å². The van der Waals surface area contributed by atoms with Crippen LogP contribution in [0, 0.1) is 5.82 Å². The minimum absolute atomic E-state index is 0.0421. The topological polar surface area (TPSA) is 47.3 Å². The molecule has 0 aliphatic rings. The predicted molar refractivity (Wildman–Crippen MR) is 104 cm³/mol. The van der Waals surface area contributed by atoms with Crippen molar-refractivity contribution in [3.8, 4) is 11.1 Å². The largest absolute Gasteiger partial charge is 0.463 e. The molecule has 4 aromatic rings. The van der Waals surface area contributed by atoms with Crippen LogP contribution in [0.3, 0.4) is 0 Å². The Morgan fingerprint density at radius 3 is 2.48 bits per heavy atom. The summed E-state index contributed by atoms with van der Waals surface area (Å²) < 4.78 is 45.6. The van der Waals surface area contributed by atoms with E-state index in [1.807, 2.05) is 30.3 Å². The number of halogens is 2. The molecule has 0 radical (unpaired) electrons. The van der Waals surface area contributed by atoms with Gasteiger partial charge >= 0.3 is 0 Å². The zero-order valence-corrected chi connectivity index (χ0v) is 15.6. The maximum absolute atomic E-state index is 14.4. The molecule has 0 bridgehead atoms. The standard InChI is InChI=1S/C21H14ClFO3S/c22-18-11-16-8-9-26-21(16)20(12-18)27(24,25)13-17-10-15(6-7-19(17)23)14-4-2-1-3-5-14/h1-12H,13H2. The second kappa shape index (κ2) is 6.83. The number of hydrogen-bond donors (Lipinski definition) is 0. The Hall–Kier alpha value is -2.63.